The monoisotopic (exact) mass is 213 g/mol. The third-order valence-corrected chi connectivity index (χ3v) is 2.66. The van der Waals surface area contributed by atoms with E-state index in [0.717, 1.165) is 17.7 Å². The minimum atomic E-state index is 0.795. The summed E-state index contributed by atoms with van der Waals surface area (Å²) in [5, 5.41) is 0. The van der Waals surface area contributed by atoms with Gasteiger partial charge in [0.2, 0.25) is 0 Å². The normalized spacial score (nSPS) is 10.1. The van der Waals surface area contributed by atoms with Crippen LogP contribution in [0.2, 0.25) is 0 Å². The summed E-state index contributed by atoms with van der Waals surface area (Å²) >= 11 is 0. The fourth-order valence-electron chi connectivity index (χ4n) is 1.79. The first kappa shape index (κ1) is 10.7. The van der Waals surface area contributed by atoms with Gasteiger partial charge in [-0.2, -0.15) is 0 Å². The lowest BCUT2D eigenvalue weighted by molar-refractivity contribution is 0.413. The molecule has 1 aromatic heterocycles. The molecule has 0 bridgehead atoms. The summed E-state index contributed by atoms with van der Waals surface area (Å²) in [5.74, 6) is 0.795. The van der Waals surface area contributed by atoms with E-state index >= 15 is 0 Å². The first-order valence-corrected chi connectivity index (χ1v) is 5.42. The van der Waals surface area contributed by atoms with Crippen molar-refractivity contribution in [1.82, 2.24) is 4.98 Å². The number of methoxy groups -OCH3 is 1. The van der Waals surface area contributed by atoms with Gasteiger partial charge >= 0.3 is 0 Å². The molecule has 1 aromatic carbocycles. The SMILES string of the molecule is CCc1ccccc1-c1cncc(OC)c1. The molecule has 0 saturated carbocycles. The fourth-order valence-corrected chi connectivity index (χ4v) is 1.79. The summed E-state index contributed by atoms with van der Waals surface area (Å²) in [6, 6.07) is 10.4. The molecular formula is C14H15NO. The fraction of sp³-hybridized carbons (Fsp3) is 0.214. The van der Waals surface area contributed by atoms with Crippen molar-refractivity contribution in [2.75, 3.05) is 7.11 Å². The van der Waals surface area contributed by atoms with Crippen LogP contribution in [0.15, 0.2) is 42.7 Å². The van der Waals surface area contributed by atoms with E-state index in [1.54, 1.807) is 13.3 Å². The average Bonchev–Trinajstić information content (AvgIpc) is 2.38. The van der Waals surface area contributed by atoms with Gasteiger partial charge in [-0.3, -0.25) is 4.98 Å². The van der Waals surface area contributed by atoms with E-state index in [2.05, 4.69) is 30.1 Å². The summed E-state index contributed by atoms with van der Waals surface area (Å²) in [6.45, 7) is 2.16. The van der Waals surface area contributed by atoms with Gasteiger partial charge in [0.15, 0.2) is 0 Å². The smallest absolute Gasteiger partial charge is 0.137 e. The van der Waals surface area contributed by atoms with Crippen LogP contribution >= 0.6 is 0 Å². The van der Waals surface area contributed by atoms with E-state index in [1.165, 1.54) is 11.1 Å². The lowest BCUT2D eigenvalue weighted by Crippen LogP contribution is -1.90. The van der Waals surface area contributed by atoms with Crippen LogP contribution in [-0.4, -0.2) is 12.1 Å². The number of nitrogens with zero attached hydrogens (tertiary/aromatic N) is 1. The molecule has 0 radical (unpaired) electrons. The van der Waals surface area contributed by atoms with Gasteiger partial charge in [-0.15, -0.1) is 0 Å². The largest absolute Gasteiger partial charge is 0.495 e. The maximum absolute atomic E-state index is 5.19. The summed E-state index contributed by atoms with van der Waals surface area (Å²) in [6.07, 6.45) is 4.61. The van der Waals surface area contributed by atoms with E-state index in [1.807, 2.05) is 18.3 Å². The summed E-state index contributed by atoms with van der Waals surface area (Å²) < 4.78 is 5.19. The number of ether oxygens (including phenoxy) is 1. The molecule has 0 unspecified atom stereocenters. The number of pyridine rings is 1. The van der Waals surface area contributed by atoms with Crippen molar-refractivity contribution in [3.05, 3.63) is 48.3 Å². The first-order valence-electron chi connectivity index (χ1n) is 5.42. The summed E-state index contributed by atoms with van der Waals surface area (Å²) in [5.41, 5.74) is 3.67. The third-order valence-electron chi connectivity index (χ3n) is 2.66. The number of aryl methyl sites for hydroxylation is 1. The van der Waals surface area contributed by atoms with Gasteiger partial charge in [-0.25, -0.2) is 0 Å². The van der Waals surface area contributed by atoms with Gasteiger partial charge in [0.1, 0.15) is 5.75 Å². The predicted octanol–water partition coefficient (Wildman–Crippen LogP) is 3.32. The molecule has 0 saturated heterocycles. The Morgan fingerprint density at radius 3 is 2.75 bits per heavy atom. The van der Waals surface area contributed by atoms with Crippen LogP contribution < -0.4 is 4.74 Å². The lowest BCUT2D eigenvalue weighted by atomic mass is 9.99. The molecule has 2 nitrogen and oxygen atoms in total. The Morgan fingerprint density at radius 2 is 2.00 bits per heavy atom. The zero-order chi connectivity index (χ0) is 11.4. The minimum absolute atomic E-state index is 0.795. The summed E-state index contributed by atoms with van der Waals surface area (Å²) in [7, 11) is 1.66. The second-order valence-electron chi connectivity index (χ2n) is 3.62. The van der Waals surface area contributed by atoms with Crippen molar-refractivity contribution in [3.63, 3.8) is 0 Å². The maximum Gasteiger partial charge on any atom is 0.137 e. The van der Waals surface area contributed by atoms with Gasteiger partial charge < -0.3 is 4.74 Å². The third kappa shape index (κ3) is 2.06. The van der Waals surface area contributed by atoms with Crippen LogP contribution in [-0.2, 0) is 6.42 Å². The van der Waals surface area contributed by atoms with Crippen LogP contribution in [0.1, 0.15) is 12.5 Å². The number of benzene rings is 1. The zero-order valence-electron chi connectivity index (χ0n) is 9.60. The van der Waals surface area contributed by atoms with E-state index in [4.69, 9.17) is 4.74 Å². The van der Waals surface area contributed by atoms with E-state index < -0.39 is 0 Å². The maximum atomic E-state index is 5.19. The second-order valence-corrected chi connectivity index (χ2v) is 3.62. The van der Waals surface area contributed by atoms with Crippen molar-refractivity contribution in [2.45, 2.75) is 13.3 Å². The van der Waals surface area contributed by atoms with Crippen LogP contribution in [0.5, 0.6) is 5.75 Å². The molecule has 0 aliphatic rings. The Labute approximate surface area is 95.9 Å². The number of rotatable bonds is 3. The van der Waals surface area contributed by atoms with Gasteiger partial charge in [-0.05, 0) is 23.6 Å². The molecule has 16 heavy (non-hydrogen) atoms. The lowest BCUT2D eigenvalue weighted by Gasteiger charge is -2.08. The van der Waals surface area contributed by atoms with Crippen LogP contribution in [0, 0.1) is 0 Å². The molecule has 0 spiro atoms. The molecule has 2 rings (SSSR count). The molecule has 2 aromatic rings. The van der Waals surface area contributed by atoms with Crippen molar-refractivity contribution in [2.24, 2.45) is 0 Å². The molecule has 0 aliphatic heterocycles. The van der Waals surface area contributed by atoms with Crippen molar-refractivity contribution in [3.8, 4) is 16.9 Å². The molecule has 0 N–H and O–H groups in total. The van der Waals surface area contributed by atoms with Crippen molar-refractivity contribution >= 4 is 0 Å². The minimum Gasteiger partial charge on any atom is -0.495 e. The standard InChI is InChI=1S/C14H15NO/c1-3-11-6-4-5-7-14(11)12-8-13(16-2)10-15-9-12/h4-10H,3H2,1-2H3. The highest BCUT2D eigenvalue weighted by molar-refractivity contribution is 5.67. The van der Waals surface area contributed by atoms with Crippen LogP contribution in [0.3, 0.4) is 0 Å². The zero-order valence-corrected chi connectivity index (χ0v) is 9.60. The van der Waals surface area contributed by atoms with Gasteiger partial charge in [0.05, 0.1) is 13.3 Å². The predicted molar refractivity (Wildman–Crippen MR) is 65.6 cm³/mol. The molecule has 0 atom stereocenters. The Balaban J connectivity index is 2.49. The highest BCUT2D eigenvalue weighted by Crippen LogP contribution is 2.25. The molecule has 1 heterocycles. The van der Waals surface area contributed by atoms with Gasteiger partial charge in [0, 0.05) is 11.8 Å². The quantitative estimate of drug-likeness (QED) is 0.780. The average molecular weight is 213 g/mol. The second kappa shape index (κ2) is 4.79. The molecule has 0 aliphatic carbocycles. The summed E-state index contributed by atoms with van der Waals surface area (Å²) in [4.78, 5) is 4.18. The topological polar surface area (TPSA) is 22.1 Å². The first-order chi connectivity index (χ1) is 7.85. The molecular weight excluding hydrogens is 198 g/mol. The number of hydrogen-bond donors (Lipinski definition) is 0. The van der Waals surface area contributed by atoms with E-state index in [9.17, 15) is 0 Å². The van der Waals surface area contributed by atoms with Crippen molar-refractivity contribution < 1.29 is 4.74 Å². The Bertz CT molecular complexity index is 480. The highest BCUT2D eigenvalue weighted by atomic mass is 16.5. The van der Waals surface area contributed by atoms with Crippen LogP contribution in [0.25, 0.3) is 11.1 Å². The van der Waals surface area contributed by atoms with Crippen LogP contribution in [0.4, 0.5) is 0 Å². The molecule has 0 amide bonds. The Morgan fingerprint density at radius 1 is 1.19 bits per heavy atom. The molecule has 2 heteroatoms. The van der Waals surface area contributed by atoms with Gasteiger partial charge in [-0.1, -0.05) is 31.2 Å². The highest BCUT2D eigenvalue weighted by Gasteiger charge is 2.04. The Hall–Kier alpha value is -1.83. The van der Waals surface area contributed by atoms with Crippen molar-refractivity contribution in [1.29, 1.82) is 0 Å². The molecule has 0 fully saturated rings. The number of hydrogen-bond acceptors (Lipinski definition) is 2. The van der Waals surface area contributed by atoms with E-state index in [0.29, 0.717) is 0 Å². The van der Waals surface area contributed by atoms with E-state index in [-0.39, 0.29) is 0 Å². The molecule has 82 valence electrons. The Kier molecular flexibility index (Phi) is 3.20. The van der Waals surface area contributed by atoms with Gasteiger partial charge in [0.25, 0.3) is 0 Å². The number of aromatic nitrogens is 1.